The van der Waals surface area contributed by atoms with E-state index in [-0.39, 0.29) is 19.4 Å². The van der Waals surface area contributed by atoms with Gasteiger partial charge in [-0.05, 0) is 64.2 Å². The zero-order valence-corrected chi connectivity index (χ0v) is 39.0. The zero-order chi connectivity index (χ0) is 46.8. The second-order valence-corrected chi connectivity index (χ2v) is 17.3. The van der Waals surface area contributed by atoms with Crippen molar-refractivity contribution in [3.05, 3.63) is 36.5 Å². The van der Waals surface area contributed by atoms with Gasteiger partial charge in [-0.25, -0.2) is 0 Å². The minimum Gasteiger partial charge on any atom is -0.462 e. The van der Waals surface area contributed by atoms with Gasteiger partial charge in [-0.1, -0.05) is 127 Å². The highest BCUT2D eigenvalue weighted by Crippen LogP contribution is 2.26. The molecule has 0 bridgehead atoms. The number of rotatable bonds is 37. The number of ether oxygens (including phenoxy) is 6. The number of carbonyl (C=O) groups excluding carboxylic acids is 2. The van der Waals surface area contributed by atoms with E-state index in [0.717, 1.165) is 64.2 Å². The van der Waals surface area contributed by atoms with Crippen molar-refractivity contribution < 1.29 is 73.8 Å². The first-order chi connectivity index (χ1) is 31.0. The lowest BCUT2D eigenvalue weighted by atomic mass is 9.98. The molecule has 372 valence electrons. The number of unbranched alkanes of at least 4 members (excludes halogenated alkanes) is 18. The Hall–Kier alpha value is -2.28. The highest BCUT2D eigenvalue weighted by molar-refractivity contribution is 5.70. The van der Waals surface area contributed by atoms with Crippen LogP contribution in [0.25, 0.3) is 0 Å². The van der Waals surface area contributed by atoms with Gasteiger partial charge in [0.05, 0.1) is 19.8 Å². The van der Waals surface area contributed by atoms with Crippen molar-refractivity contribution in [1.82, 2.24) is 0 Å². The third kappa shape index (κ3) is 25.0. The summed E-state index contributed by atoms with van der Waals surface area (Å²) in [5, 5.41) is 72.0. The maximum Gasteiger partial charge on any atom is 0.306 e. The summed E-state index contributed by atoms with van der Waals surface area (Å²) in [5.41, 5.74) is 0. The maximum absolute atomic E-state index is 13.0. The van der Waals surface area contributed by atoms with E-state index < -0.39 is 99.3 Å². The lowest BCUT2D eigenvalue weighted by Gasteiger charge is -2.42. The topological polar surface area (TPSA) is 231 Å². The fraction of sp³-hybridized carbons (Fsp3) is 0.837. The van der Waals surface area contributed by atoms with Gasteiger partial charge in [0.2, 0.25) is 0 Å². The van der Waals surface area contributed by atoms with E-state index in [9.17, 15) is 45.3 Å². The van der Waals surface area contributed by atoms with Crippen LogP contribution in [0.1, 0.15) is 168 Å². The summed E-state index contributed by atoms with van der Waals surface area (Å²) in [6.45, 7) is 2.51. The highest BCUT2D eigenvalue weighted by Gasteiger charge is 2.47. The van der Waals surface area contributed by atoms with E-state index >= 15 is 0 Å². The summed E-state index contributed by atoms with van der Waals surface area (Å²) in [5.74, 6) is -0.962. The SMILES string of the molecule is CCCCCC/C=C/C=C/CCCCCCCC(=O)O[C@H](COC(=O)CCCCC/C=C/CCCCCCCC)CO[C@@H]1O[C@H](CO[C@@H]2O[C@H](CO)[C@H](O)C(O)C2O)[C@H](O)C(O)C1O. The van der Waals surface area contributed by atoms with Crippen LogP contribution in [0, 0.1) is 0 Å². The van der Waals surface area contributed by atoms with Gasteiger partial charge >= 0.3 is 11.9 Å². The lowest BCUT2D eigenvalue weighted by molar-refractivity contribution is -0.332. The fourth-order valence-electron chi connectivity index (χ4n) is 7.49. The smallest absolute Gasteiger partial charge is 0.306 e. The van der Waals surface area contributed by atoms with E-state index in [1.807, 2.05) is 0 Å². The summed E-state index contributed by atoms with van der Waals surface area (Å²) in [4.78, 5) is 25.7. The van der Waals surface area contributed by atoms with Crippen LogP contribution in [0.5, 0.6) is 0 Å². The van der Waals surface area contributed by atoms with E-state index in [1.165, 1.54) is 64.2 Å². The molecule has 0 amide bonds. The van der Waals surface area contributed by atoms with E-state index in [2.05, 4.69) is 50.3 Å². The van der Waals surface area contributed by atoms with Crippen molar-refractivity contribution in [2.24, 2.45) is 0 Å². The van der Waals surface area contributed by atoms with Gasteiger partial charge in [-0.2, -0.15) is 0 Å². The summed E-state index contributed by atoms with van der Waals surface area (Å²) in [6, 6.07) is 0. The summed E-state index contributed by atoms with van der Waals surface area (Å²) < 4.78 is 33.5. The molecule has 0 aromatic rings. The Morgan fingerprint density at radius 1 is 0.500 bits per heavy atom. The normalized spacial score (nSPS) is 26.9. The molecule has 15 heteroatoms. The molecule has 0 saturated carbocycles. The number of hydrogen-bond acceptors (Lipinski definition) is 15. The summed E-state index contributed by atoms with van der Waals surface area (Å²) >= 11 is 0. The van der Waals surface area contributed by atoms with Gasteiger partial charge in [0, 0.05) is 12.8 Å². The molecular formula is C49H86O15. The molecular weight excluding hydrogens is 829 g/mol. The van der Waals surface area contributed by atoms with E-state index in [4.69, 9.17) is 28.4 Å². The minimum atomic E-state index is -1.77. The third-order valence-electron chi connectivity index (χ3n) is 11.6. The molecule has 2 rings (SSSR count). The van der Waals surface area contributed by atoms with Gasteiger partial charge < -0.3 is 64.2 Å². The van der Waals surface area contributed by atoms with Crippen molar-refractivity contribution in [2.75, 3.05) is 26.4 Å². The number of aliphatic hydroxyl groups is 7. The van der Waals surface area contributed by atoms with Crippen molar-refractivity contribution in [1.29, 1.82) is 0 Å². The molecule has 0 aliphatic carbocycles. The Bertz CT molecular complexity index is 1260. The Labute approximate surface area is 383 Å². The van der Waals surface area contributed by atoms with E-state index in [0.29, 0.717) is 12.8 Å². The van der Waals surface area contributed by atoms with Crippen molar-refractivity contribution >= 4 is 11.9 Å². The molecule has 2 aliphatic rings. The van der Waals surface area contributed by atoms with Crippen molar-refractivity contribution in [3.63, 3.8) is 0 Å². The van der Waals surface area contributed by atoms with Gasteiger partial charge in [0.15, 0.2) is 18.7 Å². The molecule has 7 N–H and O–H groups in total. The number of aliphatic hydroxyl groups excluding tert-OH is 7. The molecule has 2 aliphatic heterocycles. The largest absolute Gasteiger partial charge is 0.462 e. The Balaban J connectivity index is 1.85. The molecule has 2 saturated heterocycles. The molecule has 0 radical (unpaired) electrons. The minimum absolute atomic E-state index is 0.144. The Morgan fingerprint density at radius 2 is 0.938 bits per heavy atom. The van der Waals surface area contributed by atoms with E-state index in [1.54, 1.807) is 0 Å². The second kappa shape index (κ2) is 36.8. The van der Waals surface area contributed by atoms with Crippen molar-refractivity contribution in [2.45, 2.75) is 235 Å². The number of hydrogen-bond donors (Lipinski definition) is 7. The van der Waals surface area contributed by atoms with Crippen LogP contribution < -0.4 is 0 Å². The van der Waals surface area contributed by atoms with Gasteiger partial charge in [0.1, 0.15) is 55.4 Å². The molecule has 4 unspecified atom stereocenters. The van der Waals surface area contributed by atoms with Crippen LogP contribution in [-0.4, -0.2) is 142 Å². The Kier molecular flexibility index (Phi) is 33.3. The molecule has 0 aromatic heterocycles. The Morgan fingerprint density at radius 3 is 1.50 bits per heavy atom. The molecule has 0 aromatic carbocycles. The first-order valence-electron chi connectivity index (χ1n) is 24.6. The van der Waals surface area contributed by atoms with Crippen LogP contribution >= 0.6 is 0 Å². The summed E-state index contributed by atoms with van der Waals surface area (Å²) in [7, 11) is 0. The standard InChI is InChI=1S/C49H86O15/c1-3-5-7-9-11-13-15-17-18-20-22-24-26-28-30-32-41(52)62-37(34-59-40(51)31-29-27-25-23-21-19-16-14-12-10-8-6-4-2)35-60-48-47(58)45(56)43(54)39(64-48)36-61-49-46(57)44(55)42(53)38(33-50)63-49/h13,15,17-19,21,37-39,42-50,53-58H,3-12,14,16,20,22-36H2,1-2H3/b15-13+,18-17+,21-19+/t37-,38-,39-,42+,43+,44?,45?,46?,47?,48-,49-/m1/s1. The molecule has 11 atom stereocenters. The maximum atomic E-state index is 13.0. The molecule has 2 heterocycles. The van der Waals surface area contributed by atoms with Gasteiger partial charge in [-0.15, -0.1) is 0 Å². The lowest BCUT2D eigenvalue weighted by Crippen LogP contribution is -2.61. The average Bonchev–Trinajstić information content (AvgIpc) is 3.29. The first-order valence-corrected chi connectivity index (χ1v) is 24.6. The highest BCUT2D eigenvalue weighted by atomic mass is 16.7. The predicted molar refractivity (Wildman–Crippen MR) is 243 cm³/mol. The monoisotopic (exact) mass is 915 g/mol. The quantitative estimate of drug-likeness (QED) is 0.0160. The van der Waals surface area contributed by atoms with Crippen LogP contribution in [0.2, 0.25) is 0 Å². The third-order valence-corrected chi connectivity index (χ3v) is 11.6. The van der Waals surface area contributed by atoms with Gasteiger partial charge in [0.25, 0.3) is 0 Å². The molecule has 15 nitrogen and oxygen atoms in total. The molecule has 0 spiro atoms. The molecule has 64 heavy (non-hydrogen) atoms. The van der Waals surface area contributed by atoms with Gasteiger partial charge in [-0.3, -0.25) is 9.59 Å². The van der Waals surface area contributed by atoms with Crippen molar-refractivity contribution in [3.8, 4) is 0 Å². The summed E-state index contributed by atoms with van der Waals surface area (Å²) in [6.07, 6.45) is 20.3. The van der Waals surface area contributed by atoms with Crippen LogP contribution in [0.15, 0.2) is 36.5 Å². The molecule has 2 fully saturated rings. The number of allylic oxidation sites excluding steroid dienone is 6. The number of carbonyl (C=O) groups is 2. The predicted octanol–water partition coefficient (Wildman–Crippen LogP) is 6.15. The van der Waals surface area contributed by atoms with Crippen LogP contribution in [0.3, 0.4) is 0 Å². The second-order valence-electron chi connectivity index (χ2n) is 17.3. The fourth-order valence-corrected chi connectivity index (χ4v) is 7.49. The number of esters is 2. The van der Waals surface area contributed by atoms with Crippen LogP contribution in [0.4, 0.5) is 0 Å². The average molecular weight is 915 g/mol. The first kappa shape index (κ1) is 57.8. The zero-order valence-electron chi connectivity index (χ0n) is 39.0. The van der Waals surface area contributed by atoms with Crippen LogP contribution in [-0.2, 0) is 38.0 Å².